The van der Waals surface area contributed by atoms with Gasteiger partial charge in [-0.1, -0.05) is 6.07 Å². The Morgan fingerprint density at radius 1 is 1.35 bits per heavy atom. The fourth-order valence-corrected chi connectivity index (χ4v) is 4.08. The number of aromatic nitrogens is 2. The van der Waals surface area contributed by atoms with E-state index in [2.05, 4.69) is 52.1 Å². The Labute approximate surface area is 157 Å². The van der Waals surface area contributed by atoms with E-state index in [9.17, 15) is 0 Å². The van der Waals surface area contributed by atoms with Crippen molar-refractivity contribution in [2.45, 2.75) is 39.5 Å². The molecule has 136 valence electrons. The third kappa shape index (κ3) is 3.48. The average Bonchev–Trinajstić information content (AvgIpc) is 3.34. The van der Waals surface area contributed by atoms with Crippen molar-refractivity contribution in [3.05, 3.63) is 52.5 Å². The molecule has 26 heavy (non-hydrogen) atoms. The largest absolute Gasteiger partial charge is 0.494 e. The molecule has 1 aromatic carbocycles. The molecule has 0 bridgehead atoms. The third-order valence-corrected chi connectivity index (χ3v) is 5.38. The van der Waals surface area contributed by atoms with Crippen molar-refractivity contribution in [1.29, 1.82) is 0 Å². The zero-order valence-electron chi connectivity index (χ0n) is 15.0. The van der Waals surface area contributed by atoms with E-state index in [1.807, 2.05) is 13.1 Å². The van der Waals surface area contributed by atoms with Crippen molar-refractivity contribution in [2.75, 3.05) is 6.61 Å². The lowest BCUT2D eigenvalue weighted by atomic mass is 10.1. The highest BCUT2D eigenvalue weighted by Crippen LogP contribution is 2.35. The van der Waals surface area contributed by atoms with Gasteiger partial charge in [-0.2, -0.15) is 5.10 Å². The lowest BCUT2D eigenvalue weighted by Crippen LogP contribution is -2.14. The zero-order chi connectivity index (χ0) is 17.9. The number of rotatable bonds is 7. The van der Waals surface area contributed by atoms with Gasteiger partial charge in [0.1, 0.15) is 17.6 Å². The van der Waals surface area contributed by atoms with Crippen molar-refractivity contribution in [2.24, 2.45) is 0 Å². The van der Waals surface area contributed by atoms with Gasteiger partial charge in [0.15, 0.2) is 0 Å². The van der Waals surface area contributed by atoms with Gasteiger partial charge in [0.05, 0.1) is 23.4 Å². The van der Waals surface area contributed by atoms with E-state index in [0.29, 0.717) is 6.61 Å². The monoisotopic (exact) mass is 369 g/mol. The van der Waals surface area contributed by atoms with E-state index in [1.165, 1.54) is 10.4 Å². The minimum absolute atomic E-state index is 0.238. The van der Waals surface area contributed by atoms with Crippen LogP contribution < -0.4 is 14.8 Å². The van der Waals surface area contributed by atoms with Crippen molar-refractivity contribution < 1.29 is 9.47 Å². The first-order valence-corrected chi connectivity index (χ1v) is 9.84. The van der Waals surface area contributed by atoms with Crippen LogP contribution in [-0.2, 0) is 19.5 Å². The molecule has 0 radical (unpaired) electrons. The van der Waals surface area contributed by atoms with E-state index in [1.54, 1.807) is 11.3 Å². The van der Waals surface area contributed by atoms with Crippen LogP contribution in [-0.4, -0.2) is 22.9 Å². The molecule has 1 aliphatic heterocycles. The second-order valence-corrected chi connectivity index (χ2v) is 7.43. The maximum atomic E-state index is 5.90. The number of nitrogens with one attached hydrogen (secondary N) is 2. The maximum absolute atomic E-state index is 5.90. The number of thiophene rings is 1. The summed E-state index contributed by atoms with van der Waals surface area (Å²) in [6.07, 6.45) is 3.07. The summed E-state index contributed by atoms with van der Waals surface area (Å²) in [7, 11) is 0. The fraction of sp³-hybridized carbons (Fsp3) is 0.350. The predicted molar refractivity (Wildman–Crippen MR) is 104 cm³/mol. The lowest BCUT2D eigenvalue weighted by Gasteiger charge is -2.13. The number of aromatic amines is 1. The molecule has 0 saturated heterocycles. The fourth-order valence-electron chi connectivity index (χ4n) is 3.32. The van der Waals surface area contributed by atoms with Gasteiger partial charge in [0.2, 0.25) is 0 Å². The molecule has 4 rings (SSSR count). The number of hydrogen-bond acceptors (Lipinski definition) is 5. The number of hydrogen-bond donors (Lipinski definition) is 2. The molecule has 3 heterocycles. The van der Waals surface area contributed by atoms with Gasteiger partial charge in [-0.15, -0.1) is 11.3 Å². The first-order chi connectivity index (χ1) is 12.7. The summed E-state index contributed by atoms with van der Waals surface area (Å²) in [5.74, 6) is 1.93. The second-order valence-electron chi connectivity index (χ2n) is 6.48. The quantitative estimate of drug-likeness (QED) is 0.657. The highest BCUT2D eigenvalue weighted by Gasteiger charge is 2.21. The van der Waals surface area contributed by atoms with Crippen LogP contribution >= 0.6 is 11.3 Å². The number of fused-ring (bicyclic) bond motifs is 1. The van der Waals surface area contributed by atoms with E-state index in [0.717, 1.165) is 47.8 Å². The van der Waals surface area contributed by atoms with Crippen LogP contribution in [0.5, 0.6) is 11.5 Å². The van der Waals surface area contributed by atoms with Crippen LogP contribution in [0.2, 0.25) is 0 Å². The van der Waals surface area contributed by atoms with E-state index >= 15 is 0 Å². The Hall–Kier alpha value is -2.31. The second kappa shape index (κ2) is 7.51. The first kappa shape index (κ1) is 17.1. The van der Waals surface area contributed by atoms with Gasteiger partial charge in [-0.05, 0) is 37.4 Å². The standard InChI is InChI=1S/C20H23N3O2S/c1-3-24-17-8-14-7-13(2)25-18(14)9-15(17)10-21-11-16-12-22-23-20(16)19-5-4-6-26-19/h4-6,8-9,12-13,21H,3,7,10-11H2,1-2H3,(H,22,23)/t13-/m0/s1. The normalized spacial score (nSPS) is 15.7. The van der Waals surface area contributed by atoms with Crippen molar-refractivity contribution >= 4 is 11.3 Å². The minimum atomic E-state index is 0.238. The van der Waals surface area contributed by atoms with Gasteiger partial charge in [0.25, 0.3) is 0 Å². The predicted octanol–water partition coefficient (Wildman–Crippen LogP) is 4.15. The van der Waals surface area contributed by atoms with Crippen LogP contribution in [0.1, 0.15) is 30.5 Å². The molecule has 0 unspecified atom stereocenters. The van der Waals surface area contributed by atoms with Gasteiger partial charge in [0, 0.05) is 36.2 Å². The molecule has 3 aromatic rings. The van der Waals surface area contributed by atoms with Gasteiger partial charge < -0.3 is 14.8 Å². The molecule has 0 spiro atoms. The van der Waals surface area contributed by atoms with Gasteiger partial charge in [-0.3, -0.25) is 5.10 Å². The van der Waals surface area contributed by atoms with Crippen molar-refractivity contribution in [1.82, 2.24) is 15.5 Å². The maximum Gasteiger partial charge on any atom is 0.124 e. The SMILES string of the molecule is CCOc1cc2c(cc1CNCc1cn[nH]c1-c1cccs1)O[C@@H](C)C2. The molecule has 0 aliphatic carbocycles. The molecule has 6 heteroatoms. The zero-order valence-corrected chi connectivity index (χ0v) is 15.9. The summed E-state index contributed by atoms with van der Waals surface area (Å²) < 4.78 is 11.8. The summed E-state index contributed by atoms with van der Waals surface area (Å²) in [6, 6.07) is 8.41. The van der Waals surface area contributed by atoms with E-state index in [4.69, 9.17) is 9.47 Å². The first-order valence-electron chi connectivity index (χ1n) is 8.96. The van der Waals surface area contributed by atoms with Crippen LogP contribution in [0, 0.1) is 0 Å². The molecule has 2 aromatic heterocycles. The molecule has 0 fully saturated rings. The Balaban J connectivity index is 1.47. The molecule has 2 N–H and O–H groups in total. The van der Waals surface area contributed by atoms with Crippen LogP contribution in [0.4, 0.5) is 0 Å². The summed E-state index contributed by atoms with van der Waals surface area (Å²) >= 11 is 1.71. The van der Waals surface area contributed by atoms with E-state index < -0.39 is 0 Å². The Morgan fingerprint density at radius 3 is 3.04 bits per heavy atom. The minimum Gasteiger partial charge on any atom is -0.494 e. The summed E-state index contributed by atoms with van der Waals surface area (Å²) in [5, 5.41) is 12.9. The van der Waals surface area contributed by atoms with Crippen molar-refractivity contribution in [3.8, 4) is 22.1 Å². The number of benzene rings is 1. The summed E-state index contributed by atoms with van der Waals surface area (Å²) in [4.78, 5) is 1.20. The Bertz CT molecular complexity index is 873. The smallest absolute Gasteiger partial charge is 0.124 e. The highest BCUT2D eigenvalue weighted by molar-refractivity contribution is 7.13. The molecular formula is C20H23N3O2S. The Morgan fingerprint density at radius 2 is 2.23 bits per heavy atom. The van der Waals surface area contributed by atoms with E-state index in [-0.39, 0.29) is 6.10 Å². The average molecular weight is 369 g/mol. The Kier molecular flexibility index (Phi) is 4.95. The van der Waals surface area contributed by atoms with Crippen molar-refractivity contribution in [3.63, 3.8) is 0 Å². The highest BCUT2D eigenvalue weighted by atomic mass is 32.1. The molecular weight excluding hydrogens is 346 g/mol. The van der Waals surface area contributed by atoms with Gasteiger partial charge in [-0.25, -0.2) is 0 Å². The van der Waals surface area contributed by atoms with Crippen LogP contribution in [0.15, 0.2) is 35.8 Å². The number of nitrogens with zero attached hydrogens (tertiary/aromatic N) is 1. The molecule has 1 atom stereocenters. The van der Waals surface area contributed by atoms with Crippen LogP contribution in [0.25, 0.3) is 10.6 Å². The number of ether oxygens (including phenoxy) is 2. The molecule has 0 amide bonds. The summed E-state index contributed by atoms with van der Waals surface area (Å²) in [6.45, 7) is 6.23. The lowest BCUT2D eigenvalue weighted by molar-refractivity contribution is 0.254. The number of H-pyrrole nitrogens is 1. The third-order valence-electron chi connectivity index (χ3n) is 4.50. The molecule has 0 saturated carbocycles. The molecule has 5 nitrogen and oxygen atoms in total. The summed E-state index contributed by atoms with van der Waals surface area (Å²) in [5.41, 5.74) is 4.61. The van der Waals surface area contributed by atoms with Crippen LogP contribution in [0.3, 0.4) is 0 Å². The van der Waals surface area contributed by atoms with Gasteiger partial charge >= 0.3 is 0 Å². The topological polar surface area (TPSA) is 59.2 Å². The molecule has 1 aliphatic rings.